The molecule has 0 N–H and O–H groups in total. The quantitative estimate of drug-likeness (QED) is 0.179. The van der Waals surface area contributed by atoms with E-state index in [2.05, 4.69) is 39.3 Å². The zero-order valence-corrected chi connectivity index (χ0v) is 20.7. The fourth-order valence-electron chi connectivity index (χ4n) is 2.83. The van der Waals surface area contributed by atoms with Crippen molar-refractivity contribution >= 4 is 30.7 Å². The Labute approximate surface area is 209 Å². The molecule has 4 nitrogen and oxygen atoms in total. The van der Waals surface area contributed by atoms with Crippen LogP contribution in [0.5, 0.6) is 0 Å². The van der Waals surface area contributed by atoms with E-state index in [0.717, 1.165) is 0 Å². The predicted octanol–water partition coefficient (Wildman–Crippen LogP) is 5.48. The van der Waals surface area contributed by atoms with Gasteiger partial charge >= 0.3 is 7.25 Å². The van der Waals surface area contributed by atoms with Crippen molar-refractivity contribution in [2.75, 3.05) is 0 Å². The molecular formula is C23H24BF4N3OPRh-. The summed E-state index contributed by atoms with van der Waals surface area (Å²) in [5.74, 6) is 0. The van der Waals surface area contributed by atoms with E-state index in [0.29, 0.717) is 16.3 Å². The molecule has 0 atom stereocenters. The summed E-state index contributed by atoms with van der Waals surface area (Å²) in [6, 6.07) is 16.1. The third-order valence-electron chi connectivity index (χ3n) is 4.25. The van der Waals surface area contributed by atoms with Crippen molar-refractivity contribution in [3.8, 4) is 0 Å². The largest absolute Gasteiger partial charge is 0.673 e. The first-order chi connectivity index (χ1) is 15.8. The average molecular weight is 579 g/mol. The Morgan fingerprint density at radius 1 is 0.588 bits per heavy atom. The van der Waals surface area contributed by atoms with Gasteiger partial charge in [0.2, 0.25) is 7.14 Å². The van der Waals surface area contributed by atoms with Crippen molar-refractivity contribution < 1.29 is 41.3 Å². The number of halogens is 4. The van der Waals surface area contributed by atoms with Crippen LogP contribution in [0, 0.1) is 0 Å². The standard InChI is InChI=1S/C15H12N3OP.C8H12.BF4.Rh/c19-20(13-7-1-4-10-16-13,14-8-2-5-11-17-14)15-9-3-6-12-18-15;1-2-4-6-8-7-5-3-1;2-1(3,4)5;/h1-12H;1-2,7-8H,3-6H2;;/q;;-1;/b;2-1-,8-7-;;. The van der Waals surface area contributed by atoms with Gasteiger partial charge in [0.25, 0.3) is 0 Å². The van der Waals surface area contributed by atoms with Crippen LogP contribution in [0.3, 0.4) is 0 Å². The molecule has 0 bridgehead atoms. The van der Waals surface area contributed by atoms with E-state index < -0.39 is 14.4 Å². The Balaban J connectivity index is 0.000000343. The van der Waals surface area contributed by atoms with Gasteiger partial charge in [-0.1, -0.05) is 42.5 Å². The smallest absolute Gasteiger partial charge is 0.418 e. The van der Waals surface area contributed by atoms with Crippen molar-refractivity contribution in [1.29, 1.82) is 0 Å². The Kier molecular flexibility index (Phi) is 13.5. The second kappa shape index (κ2) is 15.5. The van der Waals surface area contributed by atoms with Crippen molar-refractivity contribution in [3.05, 3.63) is 97.5 Å². The number of aromatic nitrogens is 3. The Morgan fingerprint density at radius 3 is 1.06 bits per heavy atom. The minimum atomic E-state index is -6.00. The van der Waals surface area contributed by atoms with Gasteiger partial charge in [0, 0.05) is 38.1 Å². The number of allylic oxidation sites excluding steroid dienone is 4. The first-order valence-corrected chi connectivity index (χ1v) is 12.0. The Hall–Kier alpha value is -2.43. The van der Waals surface area contributed by atoms with Crippen molar-refractivity contribution in [2.45, 2.75) is 25.7 Å². The summed E-state index contributed by atoms with van der Waals surface area (Å²) in [7, 11) is -9.11. The van der Waals surface area contributed by atoms with Crippen LogP contribution in [0.25, 0.3) is 0 Å². The molecule has 0 unspecified atom stereocenters. The fraction of sp³-hybridized carbons (Fsp3) is 0.174. The molecule has 3 heterocycles. The van der Waals surface area contributed by atoms with Gasteiger partial charge in [-0.25, -0.2) is 0 Å². The Morgan fingerprint density at radius 2 is 0.853 bits per heavy atom. The number of hydrogen-bond donors (Lipinski definition) is 0. The fourth-order valence-corrected chi connectivity index (χ4v) is 5.11. The molecule has 0 amide bonds. The van der Waals surface area contributed by atoms with Gasteiger partial charge in [-0.3, -0.25) is 15.0 Å². The molecule has 1 radical (unpaired) electrons. The maximum atomic E-state index is 13.6. The van der Waals surface area contributed by atoms with Gasteiger partial charge in [0.1, 0.15) is 16.3 Å². The van der Waals surface area contributed by atoms with E-state index >= 15 is 0 Å². The van der Waals surface area contributed by atoms with E-state index in [1.807, 2.05) is 18.2 Å². The van der Waals surface area contributed by atoms with Gasteiger partial charge in [0.05, 0.1) is 0 Å². The zero-order valence-electron chi connectivity index (χ0n) is 18.2. The molecule has 3 aromatic rings. The van der Waals surface area contributed by atoms with E-state index in [-0.39, 0.29) is 19.5 Å². The van der Waals surface area contributed by atoms with E-state index in [1.165, 1.54) is 25.7 Å². The maximum Gasteiger partial charge on any atom is 0.673 e. The molecule has 1 aliphatic rings. The minimum absolute atomic E-state index is 0. The molecule has 3 aromatic heterocycles. The summed E-state index contributed by atoms with van der Waals surface area (Å²) < 4.78 is 52.6. The molecule has 0 aliphatic heterocycles. The van der Waals surface area contributed by atoms with Crippen LogP contribution in [0.4, 0.5) is 17.3 Å². The van der Waals surface area contributed by atoms with Crippen LogP contribution < -0.4 is 16.3 Å². The predicted molar refractivity (Wildman–Crippen MR) is 126 cm³/mol. The van der Waals surface area contributed by atoms with Gasteiger partial charge in [-0.05, 0) is 62.1 Å². The summed E-state index contributed by atoms with van der Waals surface area (Å²) >= 11 is 0. The SMILES string of the molecule is C1=C\CC/C=C\CC/1.F[B-](F)(F)F.O=P(c1ccccn1)(c1ccccn1)c1ccccn1.[Rh]. The van der Waals surface area contributed by atoms with E-state index in [4.69, 9.17) is 0 Å². The van der Waals surface area contributed by atoms with Crippen LogP contribution >= 0.6 is 7.14 Å². The van der Waals surface area contributed by atoms with Crippen LogP contribution in [-0.4, -0.2) is 22.2 Å². The van der Waals surface area contributed by atoms with Crippen LogP contribution in [-0.2, 0) is 24.0 Å². The summed E-state index contributed by atoms with van der Waals surface area (Å²) in [5.41, 5.74) is 1.49. The normalized spacial score (nSPS) is 14.9. The molecule has 183 valence electrons. The number of rotatable bonds is 3. The van der Waals surface area contributed by atoms with E-state index in [1.54, 1.807) is 55.0 Å². The molecular weight excluding hydrogens is 555 g/mol. The first-order valence-electron chi connectivity index (χ1n) is 10.3. The van der Waals surface area contributed by atoms with Gasteiger partial charge in [-0.2, -0.15) is 0 Å². The summed E-state index contributed by atoms with van der Waals surface area (Å²) in [6.07, 6.45) is 18.9. The summed E-state index contributed by atoms with van der Waals surface area (Å²) in [4.78, 5) is 12.8. The van der Waals surface area contributed by atoms with Crippen molar-refractivity contribution in [1.82, 2.24) is 15.0 Å². The molecule has 11 heteroatoms. The van der Waals surface area contributed by atoms with Crippen LogP contribution in [0.15, 0.2) is 97.5 Å². The molecule has 34 heavy (non-hydrogen) atoms. The summed E-state index contributed by atoms with van der Waals surface area (Å²) in [6.45, 7) is 0. The molecule has 0 spiro atoms. The monoisotopic (exact) mass is 579 g/mol. The number of pyridine rings is 3. The molecule has 1 aliphatic carbocycles. The zero-order chi connectivity index (χ0) is 24.0. The average Bonchev–Trinajstić information content (AvgIpc) is 2.79. The maximum absolute atomic E-state index is 13.6. The molecule has 0 fully saturated rings. The van der Waals surface area contributed by atoms with Crippen molar-refractivity contribution in [3.63, 3.8) is 0 Å². The second-order valence-electron chi connectivity index (χ2n) is 6.77. The number of nitrogens with zero attached hydrogens (tertiary/aromatic N) is 3. The number of hydrogen-bond acceptors (Lipinski definition) is 4. The van der Waals surface area contributed by atoms with Crippen LogP contribution in [0.2, 0.25) is 0 Å². The second-order valence-corrected chi connectivity index (χ2v) is 9.36. The molecule has 0 saturated carbocycles. The molecule has 4 rings (SSSR count). The Bertz CT molecular complexity index is 921. The summed E-state index contributed by atoms with van der Waals surface area (Å²) in [5, 5.41) is 0. The van der Waals surface area contributed by atoms with Crippen molar-refractivity contribution in [2.24, 2.45) is 0 Å². The van der Waals surface area contributed by atoms with Gasteiger partial charge in [0.15, 0.2) is 0 Å². The third-order valence-corrected chi connectivity index (χ3v) is 6.98. The topological polar surface area (TPSA) is 55.7 Å². The third kappa shape index (κ3) is 10.7. The molecule has 0 saturated heterocycles. The van der Waals surface area contributed by atoms with E-state index in [9.17, 15) is 21.8 Å². The van der Waals surface area contributed by atoms with Gasteiger partial charge < -0.3 is 21.8 Å². The van der Waals surface area contributed by atoms with Crippen LogP contribution in [0.1, 0.15) is 25.7 Å². The molecule has 0 aromatic carbocycles. The minimum Gasteiger partial charge on any atom is -0.418 e. The van der Waals surface area contributed by atoms with Gasteiger partial charge in [-0.15, -0.1) is 0 Å². The first kappa shape index (κ1) is 29.6.